The van der Waals surface area contributed by atoms with E-state index in [1.54, 1.807) is 17.3 Å². The third kappa shape index (κ3) is 5.27. The van der Waals surface area contributed by atoms with Crippen LogP contribution < -0.4 is 16.0 Å². The predicted molar refractivity (Wildman–Crippen MR) is 106 cm³/mol. The highest BCUT2D eigenvalue weighted by Gasteiger charge is 2.29. The summed E-state index contributed by atoms with van der Waals surface area (Å²) in [5.74, 6) is -0.554. The number of likely N-dealkylation sites (tertiary alicyclic amines) is 1. The van der Waals surface area contributed by atoms with Gasteiger partial charge in [-0.3, -0.25) is 14.9 Å². The van der Waals surface area contributed by atoms with Crippen molar-refractivity contribution in [2.75, 3.05) is 30.8 Å². The number of amides is 4. The van der Waals surface area contributed by atoms with Crippen LogP contribution >= 0.6 is 22.7 Å². The minimum atomic E-state index is -0.279. The summed E-state index contributed by atoms with van der Waals surface area (Å²) in [7, 11) is 1.57. The maximum atomic E-state index is 12.6. The van der Waals surface area contributed by atoms with Crippen LogP contribution in [0.25, 0.3) is 0 Å². The van der Waals surface area contributed by atoms with Crippen LogP contribution in [0.5, 0.6) is 0 Å². The van der Waals surface area contributed by atoms with Gasteiger partial charge in [-0.25, -0.2) is 9.78 Å². The average Bonchev–Trinajstić information content (AvgIpc) is 3.33. The van der Waals surface area contributed by atoms with Crippen molar-refractivity contribution < 1.29 is 14.4 Å². The predicted octanol–water partition coefficient (Wildman–Crippen LogP) is 2.38. The quantitative estimate of drug-likeness (QED) is 0.708. The first-order chi connectivity index (χ1) is 13.0. The van der Waals surface area contributed by atoms with E-state index in [4.69, 9.17) is 0 Å². The third-order valence-electron chi connectivity index (χ3n) is 4.23. The first-order valence-corrected chi connectivity index (χ1v) is 10.4. The first kappa shape index (κ1) is 19.3. The van der Waals surface area contributed by atoms with Gasteiger partial charge in [0.05, 0.1) is 23.0 Å². The van der Waals surface area contributed by atoms with Crippen LogP contribution in [0.2, 0.25) is 0 Å². The summed E-state index contributed by atoms with van der Waals surface area (Å²) >= 11 is 2.75. The molecule has 1 unspecified atom stereocenters. The topological polar surface area (TPSA) is 103 Å². The molecule has 10 heteroatoms. The molecule has 1 atom stereocenters. The highest BCUT2D eigenvalue weighted by molar-refractivity contribution is 7.14. The fourth-order valence-corrected chi connectivity index (χ4v) is 4.14. The molecule has 27 heavy (non-hydrogen) atoms. The molecule has 8 nitrogen and oxygen atoms in total. The van der Waals surface area contributed by atoms with E-state index in [-0.39, 0.29) is 30.2 Å². The number of nitrogens with zero attached hydrogens (tertiary/aromatic N) is 2. The normalized spacial score (nSPS) is 16.6. The van der Waals surface area contributed by atoms with E-state index in [2.05, 4.69) is 20.9 Å². The number of hydrogen-bond donors (Lipinski definition) is 3. The van der Waals surface area contributed by atoms with Gasteiger partial charge in [-0.05, 0) is 30.4 Å². The molecule has 3 heterocycles. The van der Waals surface area contributed by atoms with Crippen molar-refractivity contribution in [1.82, 2.24) is 15.2 Å². The molecule has 1 aliphatic rings. The Labute approximate surface area is 165 Å². The molecular weight excluding hydrogens is 386 g/mol. The van der Waals surface area contributed by atoms with Crippen LogP contribution in [0.4, 0.5) is 14.9 Å². The molecule has 0 saturated carbocycles. The SMILES string of the molecule is CNC(=O)Cc1csc(NC(=O)C2CCCN(C(=O)Nc3cccs3)C2)n1. The number of carbonyl (C=O) groups excluding carboxylic acids is 3. The van der Waals surface area contributed by atoms with Crippen LogP contribution in [0, 0.1) is 5.92 Å². The first-order valence-electron chi connectivity index (χ1n) is 8.60. The van der Waals surface area contributed by atoms with Gasteiger partial charge >= 0.3 is 6.03 Å². The van der Waals surface area contributed by atoms with Crippen LogP contribution in [0.3, 0.4) is 0 Å². The van der Waals surface area contributed by atoms with Crippen molar-refractivity contribution in [3.8, 4) is 0 Å². The Morgan fingerprint density at radius 2 is 2.15 bits per heavy atom. The van der Waals surface area contributed by atoms with Crippen molar-refractivity contribution in [3.63, 3.8) is 0 Å². The molecule has 3 N–H and O–H groups in total. The Hall–Kier alpha value is -2.46. The summed E-state index contributed by atoms with van der Waals surface area (Å²) in [5.41, 5.74) is 0.621. The van der Waals surface area contributed by atoms with Gasteiger partial charge < -0.3 is 15.5 Å². The van der Waals surface area contributed by atoms with E-state index in [1.165, 1.54) is 22.7 Å². The number of piperidine rings is 1. The summed E-state index contributed by atoms with van der Waals surface area (Å²) in [5, 5.41) is 13.1. The minimum absolute atomic E-state index is 0.127. The van der Waals surface area contributed by atoms with E-state index in [0.717, 1.165) is 17.8 Å². The molecule has 2 aromatic rings. The summed E-state index contributed by atoms with van der Waals surface area (Å²) in [6, 6.07) is 3.53. The molecule has 0 radical (unpaired) electrons. The second kappa shape index (κ2) is 8.96. The van der Waals surface area contributed by atoms with Gasteiger partial charge in [0.15, 0.2) is 5.13 Å². The van der Waals surface area contributed by atoms with Crippen molar-refractivity contribution in [1.29, 1.82) is 0 Å². The Morgan fingerprint density at radius 3 is 2.89 bits per heavy atom. The number of rotatable bonds is 5. The molecule has 0 bridgehead atoms. The summed E-state index contributed by atoms with van der Waals surface area (Å²) in [6.45, 7) is 1.01. The lowest BCUT2D eigenvalue weighted by Crippen LogP contribution is -2.45. The maximum absolute atomic E-state index is 12.6. The van der Waals surface area contributed by atoms with E-state index >= 15 is 0 Å². The smallest absolute Gasteiger partial charge is 0.322 e. The summed E-state index contributed by atoms with van der Waals surface area (Å²) < 4.78 is 0. The van der Waals surface area contributed by atoms with E-state index in [9.17, 15) is 14.4 Å². The summed E-state index contributed by atoms with van der Waals surface area (Å²) in [6.07, 6.45) is 1.68. The number of nitrogens with one attached hydrogen (secondary N) is 3. The molecule has 0 aliphatic carbocycles. The number of hydrogen-bond acceptors (Lipinski definition) is 6. The number of aromatic nitrogens is 1. The number of likely N-dealkylation sites (N-methyl/N-ethyl adjacent to an activating group) is 1. The monoisotopic (exact) mass is 407 g/mol. The van der Waals surface area contributed by atoms with Crippen LogP contribution in [0.15, 0.2) is 22.9 Å². The van der Waals surface area contributed by atoms with Gasteiger partial charge in [0.1, 0.15) is 0 Å². The number of thiophene rings is 1. The average molecular weight is 408 g/mol. The number of anilines is 2. The third-order valence-corrected chi connectivity index (χ3v) is 5.82. The van der Waals surface area contributed by atoms with Crippen molar-refractivity contribution in [2.45, 2.75) is 19.3 Å². The van der Waals surface area contributed by atoms with E-state index < -0.39 is 0 Å². The molecule has 0 spiro atoms. The van der Waals surface area contributed by atoms with Gasteiger partial charge in [-0.15, -0.1) is 22.7 Å². The second-order valence-corrected chi connectivity index (χ2v) is 7.98. The Kier molecular flexibility index (Phi) is 6.40. The lowest BCUT2D eigenvalue weighted by Gasteiger charge is -2.31. The molecular formula is C17H21N5O3S2. The van der Waals surface area contributed by atoms with Crippen molar-refractivity contribution in [2.24, 2.45) is 5.92 Å². The molecule has 4 amide bonds. The maximum Gasteiger partial charge on any atom is 0.322 e. The van der Waals surface area contributed by atoms with Crippen LogP contribution in [-0.4, -0.2) is 47.9 Å². The molecule has 2 aromatic heterocycles. The van der Waals surface area contributed by atoms with E-state index in [0.29, 0.717) is 23.9 Å². The lowest BCUT2D eigenvalue weighted by molar-refractivity contribution is -0.121. The Morgan fingerprint density at radius 1 is 1.30 bits per heavy atom. The second-order valence-electron chi connectivity index (χ2n) is 6.18. The van der Waals surface area contributed by atoms with Gasteiger partial charge in [0, 0.05) is 25.5 Å². The van der Waals surface area contributed by atoms with Crippen LogP contribution in [-0.2, 0) is 16.0 Å². The summed E-state index contributed by atoms with van der Waals surface area (Å²) in [4.78, 5) is 42.3. The van der Waals surface area contributed by atoms with Crippen LogP contribution in [0.1, 0.15) is 18.5 Å². The fraction of sp³-hybridized carbons (Fsp3) is 0.412. The highest BCUT2D eigenvalue weighted by atomic mass is 32.1. The zero-order valence-corrected chi connectivity index (χ0v) is 16.5. The molecule has 0 aromatic carbocycles. The number of carbonyl (C=O) groups is 3. The molecule has 1 fully saturated rings. The molecule has 3 rings (SSSR count). The standard InChI is InChI=1S/C17H21N5O3S2/c1-18-13(23)8-12-10-27-16(19-12)21-15(24)11-4-2-6-22(9-11)17(25)20-14-5-3-7-26-14/h3,5,7,10-11H,2,4,6,8-9H2,1H3,(H,18,23)(H,20,25)(H,19,21,24). The fourth-order valence-electron chi connectivity index (χ4n) is 2.82. The van der Waals surface area contributed by atoms with Crippen molar-refractivity contribution in [3.05, 3.63) is 28.6 Å². The zero-order chi connectivity index (χ0) is 19.2. The van der Waals surface area contributed by atoms with E-state index in [1.807, 2.05) is 17.5 Å². The molecule has 1 aliphatic heterocycles. The lowest BCUT2D eigenvalue weighted by atomic mass is 9.97. The zero-order valence-electron chi connectivity index (χ0n) is 14.9. The molecule has 144 valence electrons. The van der Waals surface area contributed by atoms with Crippen molar-refractivity contribution >= 4 is 50.7 Å². The Balaban J connectivity index is 1.53. The minimum Gasteiger partial charge on any atom is -0.359 e. The molecule has 1 saturated heterocycles. The van der Waals surface area contributed by atoms with Gasteiger partial charge in [-0.2, -0.15) is 0 Å². The van der Waals surface area contributed by atoms with Gasteiger partial charge in [0.25, 0.3) is 0 Å². The number of urea groups is 1. The van der Waals surface area contributed by atoms with Gasteiger partial charge in [-0.1, -0.05) is 0 Å². The highest BCUT2D eigenvalue weighted by Crippen LogP contribution is 2.22. The Bertz CT molecular complexity index is 805. The number of thiazole rings is 1. The van der Waals surface area contributed by atoms with Gasteiger partial charge in [0.2, 0.25) is 11.8 Å². The largest absolute Gasteiger partial charge is 0.359 e.